The van der Waals surface area contributed by atoms with Gasteiger partial charge in [-0.1, -0.05) is 24.6 Å². The molecule has 0 saturated carbocycles. The number of carboxylic acid groups (broad SMARTS) is 1. The molecule has 1 N–H and O–H groups in total. The summed E-state index contributed by atoms with van der Waals surface area (Å²) in [7, 11) is 0. The summed E-state index contributed by atoms with van der Waals surface area (Å²) in [4.78, 5) is 11.3. The molecule has 0 saturated heterocycles. The molecule has 0 aliphatic heterocycles. The molecule has 0 amide bonds. The maximum Gasteiger partial charge on any atom is 0.313 e. The van der Waals surface area contributed by atoms with Crippen molar-refractivity contribution in [2.75, 3.05) is 0 Å². The Morgan fingerprint density at radius 3 is 2.53 bits per heavy atom. The zero-order valence-corrected chi connectivity index (χ0v) is 9.93. The molecule has 0 aliphatic carbocycles. The van der Waals surface area contributed by atoms with Gasteiger partial charge in [-0.25, -0.2) is 0 Å². The van der Waals surface area contributed by atoms with Crippen molar-refractivity contribution in [2.45, 2.75) is 32.6 Å². The third kappa shape index (κ3) is 2.15. The van der Waals surface area contributed by atoms with E-state index in [0.29, 0.717) is 11.4 Å². The average molecular weight is 227 g/mol. The predicted octanol–water partition coefficient (Wildman–Crippen LogP) is 3.40. The second kappa shape index (κ2) is 4.23. The van der Waals surface area contributed by atoms with Gasteiger partial charge in [-0.15, -0.1) is 0 Å². The topological polar surface area (TPSA) is 37.3 Å². The van der Waals surface area contributed by atoms with E-state index in [1.807, 2.05) is 13.8 Å². The Morgan fingerprint density at radius 2 is 2.13 bits per heavy atom. The lowest BCUT2D eigenvalue weighted by Gasteiger charge is -2.25. The Kier molecular flexibility index (Phi) is 3.40. The molecule has 0 aromatic heterocycles. The van der Waals surface area contributed by atoms with Crippen molar-refractivity contribution < 1.29 is 9.90 Å². The highest BCUT2D eigenvalue weighted by Crippen LogP contribution is 2.31. The quantitative estimate of drug-likeness (QED) is 0.858. The van der Waals surface area contributed by atoms with E-state index in [4.69, 9.17) is 11.6 Å². The summed E-state index contributed by atoms with van der Waals surface area (Å²) in [6.45, 7) is 5.51. The van der Waals surface area contributed by atoms with E-state index in [1.165, 1.54) is 0 Å². The van der Waals surface area contributed by atoms with Crippen LogP contribution in [0.3, 0.4) is 0 Å². The zero-order valence-electron chi connectivity index (χ0n) is 9.17. The number of hydrogen-bond acceptors (Lipinski definition) is 1. The summed E-state index contributed by atoms with van der Waals surface area (Å²) in [5, 5.41) is 9.89. The number of carboxylic acids is 1. The van der Waals surface area contributed by atoms with E-state index in [-0.39, 0.29) is 0 Å². The molecule has 1 aromatic rings. The second-order valence-electron chi connectivity index (χ2n) is 3.95. The Labute approximate surface area is 94.9 Å². The fourth-order valence-electron chi connectivity index (χ4n) is 1.70. The summed E-state index contributed by atoms with van der Waals surface area (Å²) < 4.78 is 0. The lowest BCUT2D eigenvalue weighted by atomic mass is 9.78. The van der Waals surface area contributed by atoms with Gasteiger partial charge in [-0.3, -0.25) is 4.79 Å². The monoisotopic (exact) mass is 226 g/mol. The molecule has 0 heterocycles. The highest BCUT2D eigenvalue weighted by atomic mass is 35.5. The van der Waals surface area contributed by atoms with Crippen molar-refractivity contribution in [3.63, 3.8) is 0 Å². The molecule has 0 spiro atoms. The fraction of sp³-hybridized carbons (Fsp3) is 0.417. The summed E-state index contributed by atoms with van der Waals surface area (Å²) >= 11 is 5.84. The molecule has 0 radical (unpaired) electrons. The third-order valence-corrected chi connectivity index (χ3v) is 3.20. The molecule has 3 heteroatoms. The third-order valence-electron chi connectivity index (χ3n) is 2.96. The van der Waals surface area contributed by atoms with E-state index in [9.17, 15) is 9.90 Å². The molecule has 2 nitrogen and oxygen atoms in total. The first kappa shape index (κ1) is 12.1. The molecule has 1 aromatic carbocycles. The van der Waals surface area contributed by atoms with Crippen molar-refractivity contribution in [2.24, 2.45) is 0 Å². The maximum atomic E-state index is 11.3. The van der Waals surface area contributed by atoms with Crippen molar-refractivity contribution >= 4 is 17.6 Å². The minimum atomic E-state index is -0.825. The first-order valence-electron chi connectivity index (χ1n) is 4.92. The van der Waals surface area contributed by atoms with Crippen molar-refractivity contribution in [3.8, 4) is 0 Å². The van der Waals surface area contributed by atoms with Crippen LogP contribution in [0.25, 0.3) is 0 Å². The van der Waals surface area contributed by atoms with Crippen LogP contribution >= 0.6 is 11.6 Å². The molecule has 82 valence electrons. The van der Waals surface area contributed by atoms with E-state index in [2.05, 4.69) is 0 Å². The molecule has 1 atom stereocenters. The van der Waals surface area contributed by atoms with Gasteiger partial charge in [0.2, 0.25) is 0 Å². The Bertz CT molecular complexity index is 387. The van der Waals surface area contributed by atoms with Crippen LogP contribution in [-0.4, -0.2) is 11.1 Å². The first-order chi connectivity index (χ1) is 6.91. The number of hydrogen-bond donors (Lipinski definition) is 1. The summed E-state index contributed by atoms with van der Waals surface area (Å²) in [6.07, 6.45) is 0.560. The Morgan fingerprint density at radius 1 is 1.53 bits per heavy atom. The molecule has 1 rings (SSSR count). The zero-order chi connectivity index (χ0) is 11.6. The lowest BCUT2D eigenvalue weighted by molar-refractivity contribution is -0.143. The Hall–Kier alpha value is -1.02. The summed E-state index contributed by atoms with van der Waals surface area (Å²) in [5.74, 6) is -0.796. The summed E-state index contributed by atoms with van der Waals surface area (Å²) in [6, 6.07) is 5.34. The van der Waals surface area contributed by atoms with E-state index >= 15 is 0 Å². The molecular weight excluding hydrogens is 212 g/mol. The minimum Gasteiger partial charge on any atom is -0.481 e. The molecule has 0 bridgehead atoms. The van der Waals surface area contributed by atoms with E-state index < -0.39 is 11.4 Å². The molecule has 1 unspecified atom stereocenters. The number of halogens is 1. The minimum absolute atomic E-state index is 0.560. The fourth-order valence-corrected chi connectivity index (χ4v) is 1.93. The van der Waals surface area contributed by atoms with Gasteiger partial charge in [0.25, 0.3) is 0 Å². The van der Waals surface area contributed by atoms with Crippen molar-refractivity contribution in [1.29, 1.82) is 0 Å². The van der Waals surface area contributed by atoms with Crippen LogP contribution in [-0.2, 0) is 10.2 Å². The van der Waals surface area contributed by atoms with Gasteiger partial charge in [-0.2, -0.15) is 0 Å². The Balaban J connectivity index is 3.30. The molecular formula is C12H15ClO2. The van der Waals surface area contributed by atoms with E-state index in [1.54, 1.807) is 25.1 Å². The smallest absolute Gasteiger partial charge is 0.313 e. The largest absolute Gasteiger partial charge is 0.481 e. The van der Waals surface area contributed by atoms with Crippen LogP contribution in [0.4, 0.5) is 0 Å². The predicted molar refractivity (Wildman–Crippen MR) is 61.5 cm³/mol. The lowest BCUT2D eigenvalue weighted by Crippen LogP contribution is -2.32. The van der Waals surface area contributed by atoms with Crippen molar-refractivity contribution in [1.82, 2.24) is 0 Å². The maximum absolute atomic E-state index is 11.3. The number of aryl methyl sites for hydroxylation is 1. The highest BCUT2D eigenvalue weighted by Gasteiger charge is 2.34. The van der Waals surface area contributed by atoms with Gasteiger partial charge < -0.3 is 5.11 Å². The van der Waals surface area contributed by atoms with Gasteiger partial charge in [0, 0.05) is 5.02 Å². The van der Waals surface area contributed by atoms with Gasteiger partial charge in [0.1, 0.15) is 0 Å². The van der Waals surface area contributed by atoms with E-state index in [0.717, 1.165) is 11.1 Å². The molecule has 0 fully saturated rings. The van der Waals surface area contributed by atoms with Gasteiger partial charge >= 0.3 is 5.97 Å². The van der Waals surface area contributed by atoms with Crippen LogP contribution in [0.2, 0.25) is 5.02 Å². The second-order valence-corrected chi connectivity index (χ2v) is 4.39. The SMILES string of the molecule is CCC(C)(C(=O)O)c1ccc(Cl)cc1C. The number of carbonyl (C=O) groups is 1. The van der Waals surface area contributed by atoms with Crippen LogP contribution in [0.15, 0.2) is 18.2 Å². The van der Waals surface area contributed by atoms with Crippen LogP contribution in [0.1, 0.15) is 31.4 Å². The van der Waals surface area contributed by atoms with Crippen LogP contribution in [0.5, 0.6) is 0 Å². The molecule has 15 heavy (non-hydrogen) atoms. The first-order valence-corrected chi connectivity index (χ1v) is 5.29. The van der Waals surface area contributed by atoms with Crippen molar-refractivity contribution in [3.05, 3.63) is 34.3 Å². The van der Waals surface area contributed by atoms with Crippen LogP contribution in [0, 0.1) is 6.92 Å². The van der Waals surface area contributed by atoms with Gasteiger partial charge in [0.05, 0.1) is 5.41 Å². The average Bonchev–Trinajstić information content (AvgIpc) is 2.16. The van der Waals surface area contributed by atoms with Gasteiger partial charge in [-0.05, 0) is 43.5 Å². The van der Waals surface area contributed by atoms with Crippen LogP contribution < -0.4 is 0 Å². The highest BCUT2D eigenvalue weighted by molar-refractivity contribution is 6.30. The number of rotatable bonds is 3. The number of aliphatic carboxylic acids is 1. The standard InChI is InChI=1S/C12H15ClO2/c1-4-12(3,11(14)15)10-6-5-9(13)7-8(10)2/h5-7H,4H2,1-3H3,(H,14,15). The van der Waals surface area contributed by atoms with Gasteiger partial charge in [0.15, 0.2) is 0 Å². The normalized spacial score (nSPS) is 14.7. The number of benzene rings is 1. The molecule has 0 aliphatic rings. The summed E-state index contributed by atoms with van der Waals surface area (Å²) in [5.41, 5.74) is 0.936.